The average Bonchev–Trinajstić information content (AvgIpc) is 3.77. The van der Waals surface area contributed by atoms with Gasteiger partial charge in [0.25, 0.3) is 0 Å². The third-order valence-corrected chi connectivity index (χ3v) is 15.0. The molecule has 8 aromatic carbocycles. The first-order valence-corrected chi connectivity index (χ1v) is 24.4. The third kappa shape index (κ3) is 6.94. The molecule has 2 aliphatic rings. The van der Waals surface area contributed by atoms with E-state index in [1.807, 2.05) is 6.26 Å². The second kappa shape index (κ2) is 15.8. The summed E-state index contributed by atoms with van der Waals surface area (Å²) in [6, 6.07) is 55.6. The average molecular weight is 885 g/mol. The number of rotatable bonds is 5. The quantitative estimate of drug-likeness (QED) is 0.161. The van der Waals surface area contributed by atoms with Crippen LogP contribution in [0.2, 0.25) is 0 Å². The van der Waals surface area contributed by atoms with Crippen LogP contribution in [0.25, 0.3) is 55.5 Å². The Morgan fingerprint density at radius 3 is 1.47 bits per heavy atom. The molecule has 0 amide bonds. The number of hydrogen-bond donors (Lipinski definition) is 0. The number of aryl methyl sites for hydroxylation is 6. The zero-order valence-electron chi connectivity index (χ0n) is 41.8. The number of fused-ring (bicyclic) bond motifs is 6. The molecule has 0 saturated heterocycles. The number of anilines is 5. The summed E-state index contributed by atoms with van der Waals surface area (Å²) in [7, 11) is 0. The molecule has 11 rings (SSSR count). The van der Waals surface area contributed by atoms with Crippen LogP contribution in [-0.2, 0) is 10.8 Å². The highest BCUT2D eigenvalue weighted by molar-refractivity contribution is 6.94. The van der Waals surface area contributed by atoms with Crippen molar-refractivity contribution in [3.05, 3.63) is 196 Å². The molecule has 0 unspecified atom stereocenters. The first-order chi connectivity index (χ1) is 32.5. The van der Waals surface area contributed by atoms with E-state index in [4.69, 9.17) is 4.42 Å². The van der Waals surface area contributed by atoms with Crippen molar-refractivity contribution in [2.24, 2.45) is 0 Å². The molecule has 2 aliphatic heterocycles. The molecule has 0 atom stereocenters. The van der Waals surface area contributed by atoms with Crippen LogP contribution in [-0.4, -0.2) is 6.85 Å². The Hall–Kier alpha value is -7.04. The Morgan fingerprint density at radius 1 is 0.426 bits per heavy atom. The van der Waals surface area contributed by atoms with Gasteiger partial charge in [-0.25, -0.2) is 0 Å². The van der Waals surface area contributed by atoms with Gasteiger partial charge >= 0.3 is 6.85 Å². The molecule has 0 aliphatic carbocycles. The summed E-state index contributed by atoms with van der Waals surface area (Å²) in [6.45, 7) is 27.2. The maximum Gasteiger partial charge on any atom is 0.333 e. The number of furan rings is 1. The predicted octanol–water partition coefficient (Wildman–Crippen LogP) is 16.6. The molecule has 336 valence electrons. The first kappa shape index (κ1) is 43.5. The maximum absolute atomic E-state index is 6.69. The predicted molar refractivity (Wildman–Crippen MR) is 292 cm³/mol. The van der Waals surface area contributed by atoms with E-state index in [-0.39, 0.29) is 17.7 Å². The van der Waals surface area contributed by atoms with Crippen LogP contribution in [0.3, 0.4) is 0 Å². The second-order valence-corrected chi connectivity index (χ2v) is 21.8. The van der Waals surface area contributed by atoms with Crippen molar-refractivity contribution in [2.75, 3.05) is 9.71 Å². The fraction of sp³-hybridized carbons (Fsp3) is 0.219. The summed E-state index contributed by atoms with van der Waals surface area (Å²) in [6.07, 6.45) is 1.88. The molecule has 0 spiro atoms. The Labute approximate surface area is 404 Å². The number of hydrogen-bond acceptors (Lipinski definition) is 3. The maximum atomic E-state index is 6.69. The van der Waals surface area contributed by atoms with E-state index in [2.05, 4.69) is 238 Å². The minimum atomic E-state index is -0.176. The molecule has 0 N–H and O–H groups in total. The van der Waals surface area contributed by atoms with Gasteiger partial charge < -0.3 is 14.1 Å². The third-order valence-electron chi connectivity index (χ3n) is 15.0. The smallest absolute Gasteiger partial charge is 0.333 e. The van der Waals surface area contributed by atoms with Gasteiger partial charge in [0.15, 0.2) is 0 Å². The molecule has 68 heavy (non-hydrogen) atoms. The van der Waals surface area contributed by atoms with E-state index >= 15 is 0 Å². The van der Waals surface area contributed by atoms with Crippen LogP contribution in [0.5, 0.6) is 0 Å². The molecule has 0 saturated carbocycles. The highest BCUT2D eigenvalue weighted by Gasteiger charge is 2.47. The molecule has 4 heteroatoms. The van der Waals surface area contributed by atoms with Gasteiger partial charge in [-0.05, 0) is 196 Å². The number of benzene rings is 8. The monoisotopic (exact) mass is 884 g/mol. The Bertz CT molecular complexity index is 3410. The van der Waals surface area contributed by atoms with Crippen molar-refractivity contribution in [3.8, 4) is 44.5 Å². The first-order valence-electron chi connectivity index (χ1n) is 24.4. The van der Waals surface area contributed by atoms with Crippen LogP contribution in [0.4, 0.5) is 28.4 Å². The SMILES string of the molecule is Cc1cccc(C)c1-c1ccc(N2B3c4ccc(-c5c(C)cccc5C)cc4N(c4cc(C(C)(C)C)cc(C(C)(C)C)c4)c4cc5ccoc5c(c43)-c3cc(-c4c(C)cccc4C)ccc32)cc1. The normalized spacial score (nSPS) is 13.2. The van der Waals surface area contributed by atoms with E-state index in [0.29, 0.717) is 0 Å². The summed E-state index contributed by atoms with van der Waals surface area (Å²) >= 11 is 0. The molecule has 0 bridgehead atoms. The van der Waals surface area contributed by atoms with Gasteiger partial charge in [0, 0.05) is 45.0 Å². The molecule has 9 aromatic rings. The Balaban J connectivity index is 1.26. The lowest BCUT2D eigenvalue weighted by molar-refractivity contribution is 0.569. The lowest BCUT2D eigenvalue weighted by Gasteiger charge is -2.46. The van der Waals surface area contributed by atoms with Crippen LogP contribution in [0, 0.1) is 41.5 Å². The standard InChI is InChI=1S/C64H61BN2O/c1-38-16-13-17-39(2)57(38)44-22-26-50(27-23-44)67-54-29-25-45(58-40(3)18-14-19-41(58)4)32-52(54)60-61-56(34-47-30-31-68-62(47)60)66(51-36-48(63(7,8)9)35-49(37-51)64(10,11)12)55-33-46(24-28-53(55)65(61)67)59-42(5)20-15-21-43(59)6/h13-37H,1-12H3. The molecule has 1 aromatic heterocycles. The molecule has 0 radical (unpaired) electrons. The van der Waals surface area contributed by atoms with Crippen LogP contribution in [0.1, 0.15) is 86.1 Å². The fourth-order valence-corrected chi connectivity index (χ4v) is 11.5. The summed E-state index contributed by atoms with van der Waals surface area (Å²) in [5.74, 6) is 0. The largest absolute Gasteiger partial charge is 0.464 e. The van der Waals surface area contributed by atoms with E-state index < -0.39 is 0 Å². The summed E-state index contributed by atoms with van der Waals surface area (Å²) in [4.78, 5) is 5.22. The number of nitrogens with zero attached hydrogens (tertiary/aromatic N) is 2. The van der Waals surface area contributed by atoms with Crippen molar-refractivity contribution in [2.45, 2.75) is 93.9 Å². The molecule has 3 heterocycles. The van der Waals surface area contributed by atoms with Gasteiger partial charge in [-0.1, -0.05) is 133 Å². The Kier molecular flexibility index (Phi) is 10.1. The Morgan fingerprint density at radius 2 is 0.926 bits per heavy atom. The van der Waals surface area contributed by atoms with Gasteiger partial charge in [-0.2, -0.15) is 0 Å². The van der Waals surface area contributed by atoms with E-state index in [1.165, 1.54) is 111 Å². The lowest BCUT2D eigenvalue weighted by atomic mass is 9.43. The minimum Gasteiger partial charge on any atom is -0.464 e. The van der Waals surface area contributed by atoms with Crippen LogP contribution in [0.15, 0.2) is 156 Å². The van der Waals surface area contributed by atoms with E-state index in [1.54, 1.807) is 0 Å². The van der Waals surface area contributed by atoms with Gasteiger partial charge in [-0.15, -0.1) is 0 Å². The highest BCUT2D eigenvalue weighted by Crippen LogP contribution is 2.52. The van der Waals surface area contributed by atoms with Gasteiger partial charge in [-0.3, -0.25) is 0 Å². The van der Waals surface area contributed by atoms with E-state index in [9.17, 15) is 0 Å². The summed E-state index contributed by atoms with van der Waals surface area (Å²) in [5.41, 5.74) is 29.3. The highest BCUT2D eigenvalue weighted by atomic mass is 16.3. The zero-order chi connectivity index (χ0) is 47.6. The van der Waals surface area contributed by atoms with Crippen LogP contribution < -0.4 is 20.6 Å². The molecular weight excluding hydrogens is 824 g/mol. The molecule has 0 fully saturated rings. The van der Waals surface area contributed by atoms with Crippen LogP contribution >= 0.6 is 0 Å². The van der Waals surface area contributed by atoms with Crippen molar-refractivity contribution in [1.82, 2.24) is 0 Å². The van der Waals surface area contributed by atoms with Crippen molar-refractivity contribution < 1.29 is 4.42 Å². The second-order valence-electron chi connectivity index (χ2n) is 21.8. The lowest BCUT2D eigenvalue weighted by Crippen LogP contribution is -2.61. The van der Waals surface area contributed by atoms with Crippen molar-refractivity contribution >= 4 is 57.2 Å². The summed E-state index contributed by atoms with van der Waals surface area (Å²) in [5, 5.41) is 1.09. The van der Waals surface area contributed by atoms with E-state index in [0.717, 1.165) is 27.9 Å². The van der Waals surface area contributed by atoms with Gasteiger partial charge in [0.2, 0.25) is 0 Å². The zero-order valence-corrected chi connectivity index (χ0v) is 41.8. The fourth-order valence-electron chi connectivity index (χ4n) is 11.5. The van der Waals surface area contributed by atoms with Gasteiger partial charge in [0.05, 0.1) is 6.26 Å². The summed E-state index contributed by atoms with van der Waals surface area (Å²) < 4.78 is 6.69. The molecular formula is C64H61BN2O. The molecule has 3 nitrogen and oxygen atoms in total. The van der Waals surface area contributed by atoms with Gasteiger partial charge in [0.1, 0.15) is 5.58 Å². The van der Waals surface area contributed by atoms with Crippen molar-refractivity contribution in [3.63, 3.8) is 0 Å². The topological polar surface area (TPSA) is 19.6 Å². The van der Waals surface area contributed by atoms with Crippen molar-refractivity contribution in [1.29, 1.82) is 0 Å². The minimum absolute atomic E-state index is 0.0754.